The first-order valence-corrected chi connectivity index (χ1v) is 8.84. The first kappa shape index (κ1) is 21.2. The molecular weight excluding hydrogens is 364 g/mol. The zero-order chi connectivity index (χ0) is 20.7. The van der Waals surface area contributed by atoms with Crippen LogP contribution in [0.1, 0.15) is 44.2 Å². The standard InChI is InChI=1S/C19H26N4O5/c1-19(2,3)21-18(25)27-14(10-12-6-8-13(26-5)9-7-12)17-23-22-16(28-17)11-15(24)20-4/h6-9,14H,10-11H2,1-5H3,(H,20,24)(H,21,25)/t14-/m0/s1. The van der Waals surface area contributed by atoms with Crippen LogP contribution in [0.2, 0.25) is 0 Å². The summed E-state index contributed by atoms with van der Waals surface area (Å²) in [6, 6.07) is 7.34. The highest BCUT2D eigenvalue weighted by molar-refractivity contribution is 5.77. The second-order valence-electron chi connectivity index (χ2n) is 7.21. The monoisotopic (exact) mass is 390 g/mol. The second kappa shape index (κ2) is 9.20. The molecule has 0 fully saturated rings. The van der Waals surface area contributed by atoms with E-state index in [1.54, 1.807) is 7.11 Å². The lowest BCUT2D eigenvalue weighted by atomic mass is 10.1. The summed E-state index contributed by atoms with van der Waals surface area (Å²) in [6.07, 6.45) is -1.13. The van der Waals surface area contributed by atoms with E-state index in [-0.39, 0.29) is 24.1 Å². The fraction of sp³-hybridized carbons (Fsp3) is 0.474. The number of hydrogen-bond acceptors (Lipinski definition) is 7. The molecule has 1 aromatic heterocycles. The molecule has 1 aromatic carbocycles. The van der Waals surface area contributed by atoms with Gasteiger partial charge in [0.05, 0.1) is 7.11 Å². The number of ether oxygens (including phenoxy) is 2. The number of rotatable bonds is 7. The SMILES string of the molecule is CNC(=O)Cc1nnc([C@H](Cc2ccc(OC)cc2)OC(=O)NC(C)(C)C)o1. The smallest absolute Gasteiger partial charge is 0.408 e. The molecule has 0 saturated heterocycles. The molecule has 9 heteroatoms. The number of amides is 2. The summed E-state index contributed by atoms with van der Waals surface area (Å²) in [5, 5.41) is 13.0. The maximum Gasteiger partial charge on any atom is 0.408 e. The molecule has 0 radical (unpaired) electrons. The Kier molecular flexibility index (Phi) is 6.97. The van der Waals surface area contributed by atoms with Crippen molar-refractivity contribution in [2.45, 2.75) is 45.3 Å². The van der Waals surface area contributed by atoms with Crippen LogP contribution in [-0.2, 0) is 22.4 Å². The van der Waals surface area contributed by atoms with Gasteiger partial charge in [0.25, 0.3) is 5.89 Å². The maximum absolute atomic E-state index is 12.3. The third-order valence-electron chi connectivity index (χ3n) is 3.66. The van der Waals surface area contributed by atoms with E-state index in [0.29, 0.717) is 6.42 Å². The summed E-state index contributed by atoms with van der Waals surface area (Å²) < 4.78 is 16.2. The van der Waals surface area contributed by atoms with Crippen LogP contribution in [0.25, 0.3) is 0 Å². The minimum absolute atomic E-state index is 0.0487. The van der Waals surface area contributed by atoms with Gasteiger partial charge in [-0.2, -0.15) is 0 Å². The van der Waals surface area contributed by atoms with Crippen LogP contribution in [0.3, 0.4) is 0 Å². The number of aromatic nitrogens is 2. The molecule has 0 saturated carbocycles. The zero-order valence-corrected chi connectivity index (χ0v) is 16.7. The Labute approximate surface area is 163 Å². The van der Waals surface area contributed by atoms with E-state index in [9.17, 15) is 9.59 Å². The fourth-order valence-corrected chi connectivity index (χ4v) is 2.31. The lowest BCUT2D eigenvalue weighted by Gasteiger charge is -2.22. The molecule has 28 heavy (non-hydrogen) atoms. The summed E-state index contributed by atoms with van der Waals surface area (Å²) in [7, 11) is 3.11. The normalized spacial score (nSPS) is 12.2. The van der Waals surface area contributed by atoms with Crippen molar-refractivity contribution in [1.82, 2.24) is 20.8 Å². The number of nitrogens with one attached hydrogen (secondary N) is 2. The molecule has 2 rings (SSSR count). The van der Waals surface area contributed by atoms with Gasteiger partial charge in [0.2, 0.25) is 11.8 Å². The molecule has 1 atom stereocenters. The van der Waals surface area contributed by atoms with Crippen molar-refractivity contribution < 1.29 is 23.5 Å². The van der Waals surface area contributed by atoms with Crippen molar-refractivity contribution in [2.75, 3.05) is 14.2 Å². The minimum atomic E-state index is -0.804. The molecule has 2 N–H and O–H groups in total. The van der Waals surface area contributed by atoms with Crippen molar-refractivity contribution in [3.63, 3.8) is 0 Å². The zero-order valence-electron chi connectivity index (χ0n) is 16.7. The first-order chi connectivity index (χ1) is 13.2. The number of hydrogen-bond donors (Lipinski definition) is 2. The Morgan fingerprint density at radius 2 is 1.86 bits per heavy atom. The topological polar surface area (TPSA) is 116 Å². The minimum Gasteiger partial charge on any atom is -0.497 e. The summed E-state index contributed by atoms with van der Waals surface area (Å²) in [5.41, 5.74) is 0.432. The number of carbonyl (C=O) groups is 2. The van der Waals surface area contributed by atoms with Gasteiger partial charge in [0.15, 0.2) is 6.10 Å². The molecule has 2 aromatic rings. The second-order valence-corrected chi connectivity index (χ2v) is 7.21. The van der Waals surface area contributed by atoms with Gasteiger partial charge in [-0.1, -0.05) is 12.1 Å². The molecule has 0 bridgehead atoms. The first-order valence-electron chi connectivity index (χ1n) is 8.84. The largest absolute Gasteiger partial charge is 0.497 e. The third kappa shape index (κ3) is 6.57. The van der Waals surface area contributed by atoms with Crippen molar-refractivity contribution in [3.05, 3.63) is 41.6 Å². The summed E-state index contributed by atoms with van der Waals surface area (Å²) in [4.78, 5) is 23.8. The predicted octanol–water partition coefficient (Wildman–Crippen LogP) is 2.18. The molecular formula is C19H26N4O5. The highest BCUT2D eigenvalue weighted by atomic mass is 16.6. The number of alkyl carbamates (subject to hydrolysis) is 1. The highest BCUT2D eigenvalue weighted by Gasteiger charge is 2.26. The number of benzene rings is 1. The molecule has 2 amide bonds. The van der Waals surface area contributed by atoms with Crippen LogP contribution in [0.4, 0.5) is 4.79 Å². The van der Waals surface area contributed by atoms with Crippen LogP contribution in [0, 0.1) is 0 Å². The quantitative estimate of drug-likeness (QED) is 0.744. The van der Waals surface area contributed by atoms with E-state index < -0.39 is 17.7 Å². The van der Waals surface area contributed by atoms with Gasteiger partial charge >= 0.3 is 6.09 Å². The predicted molar refractivity (Wildman–Crippen MR) is 101 cm³/mol. The van der Waals surface area contributed by atoms with Crippen LogP contribution >= 0.6 is 0 Å². The average molecular weight is 390 g/mol. The molecule has 9 nitrogen and oxygen atoms in total. The lowest BCUT2D eigenvalue weighted by Crippen LogP contribution is -2.41. The van der Waals surface area contributed by atoms with E-state index >= 15 is 0 Å². The number of likely N-dealkylation sites (N-methyl/N-ethyl adjacent to an activating group) is 1. The summed E-state index contributed by atoms with van der Waals surface area (Å²) in [5.74, 6) is 0.735. The van der Waals surface area contributed by atoms with Gasteiger partial charge in [-0.25, -0.2) is 4.79 Å². The van der Waals surface area contributed by atoms with E-state index in [4.69, 9.17) is 13.9 Å². The van der Waals surface area contributed by atoms with E-state index in [1.165, 1.54) is 7.05 Å². The summed E-state index contributed by atoms with van der Waals surface area (Å²) >= 11 is 0. The van der Waals surface area contributed by atoms with E-state index in [1.807, 2.05) is 45.0 Å². The molecule has 0 unspecified atom stereocenters. The Morgan fingerprint density at radius 1 is 1.18 bits per heavy atom. The van der Waals surface area contributed by atoms with Gasteiger partial charge in [-0.3, -0.25) is 4.79 Å². The molecule has 152 valence electrons. The van der Waals surface area contributed by atoms with Crippen LogP contribution < -0.4 is 15.4 Å². The van der Waals surface area contributed by atoms with E-state index in [0.717, 1.165) is 11.3 Å². The Bertz CT molecular complexity index is 795. The van der Waals surface area contributed by atoms with Gasteiger partial charge < -0.3 is 24.5 Å². The highest BCUT2D eigenvalue weighted by Crippen LogP contribution is 2.23. The maximum atomic E-state index is 12.3. The average Bonchev–Trinajstić information content (AvgIpc) is 3.08. The Hall–Kier alpha value is -3.10. The van der Waals surface area contributed by atoms with Crippen LogP contribution in [0.5, 0.6) is 5.75 Å². The molecule has 0 spiro atoms. The van der Waals surface area contributed by atoms with Gasteiger partial charge in [-0.05, 0) is 38.5 Å². The van der Waals surface area contributed by atoms with Gasteiger partial charge in [0, 0.05) is 19.0 Å². The van der Waals surface area contributed by atoms with Crippen molar-refractivity contribution >= 4 is 12.0 Å². The number of nitrogens with zero attached hydrogens (tertiary/aromatic N) is 2. The number of carbonyl (C=O) groups excluding carboxylic acids is 2. The third-order valence-corrected chi connectivity index (χ3v) is 3.66. The molecule has 0 aliphatic rings. The van der Waals surface area contributed by atoms with Gasteiger partial charge in [-0.15, -0.1) is 10.2 Å². The summed E-state index contributed by atoms with van der Waals surface area (Å²) in [6.45, 7) is 5.54. The van der Waals surface area contributed by atoms with Crippen molar-refractivity contribution in [2.24, 2.45) is 0 Å². The van der Waals surface area contributed by atoms with Crippen molar-refractivity contribution in [3.8, 4) is 5.75 Å². The molecule has 0 aliphatic carbocycles. The molecule has 0 aliphatic heterocycles. The fourth-order valence-electron chi connectivity index (χ4n) is 2.31. The lowest BCUT2D eigenvalue weighted by molar-refractivity contribution is -0.120. The Morgan fingerprint density at radius 3 is 2.43 bits per heavy atom. The number of methoxy groups -OCH3 is 1. The van der Waals surface area contributed by atoms with Gasteiger partial charge in [0.1, 0.15) is 12.2 Å². The van der Waals surface area contributed by atoms with Crippen molar-refractivity contribution in [1.29, 1.82) is 0 Å². The van der Waals surface area contributed by atoms with Crippen LogP contribution in [0.15, 0.2) is 28.7 Å². The van der Waals surface area contributed by atoms with E-state index in [2.05, 4.69) is 20.8 Å². The van der Waals surface area contributed by atoms with Crippen LogP contribution in [-0.4, -0.2) is 41.9 Å². The molecule has 1 heterocycles. The Balaban J connectivity index is 2.19.